The van der Waals surface area contributed by atoms with E-state index in [4.69, 9.17) is 11.5 Å². The Balaban J connectivity index is 2.52. The van der Waals surface area contributed by atoms with Gasteiger partial charge in [-0.2, -0.15) is 0 Å². The number of aliphatic hydroxyl groups excluding tert-OH is 1. The van der Waals surface area contributed by atoms with Crippen LogP contribution in [0, 0.1) is 0 Å². The number of rotatable bonds is 4. The molecular formula is C13H13N3O3S. The molecule has 0 aliphatic carbocycles. The number of carbonyl (C=O) groups is 2. The molecule has 0 unspecified atom stereocenters. The highest BCUT2D eigenvalue weighted by atomic mass is 32.1. The zero-order chi connectivity index (χ0) is 14.7. The number of carbonyl (C=O) groups excluding carboxylic acids is 2. The van der Waals surface area contributed by atoms with Crippen molar-refractivity contribution < 1.29 is 14.7 Å². The third-order valence-corrected chi connectivity index (χ3v) is 3.77. The molecule has 0 spiro atoms. The summed E-state index contributed by atoms with van der Waals surface area (Å²) in [5.74, 6) is -0.655. The number of hydrogen-bond donors (Lipinski definition) is 4. The lowest BCUT2D eigenvalue weighted by molar-refractivity contribution is 0.100. The summed E-state index contributed by atoms with van der Waals surface area (Å²) in [4.78, 5) is 23.0. The summed E-state index contributed by atoms with van der Waals surface area (Å²) >= 11 is 1.17. The average molecular weight is 291 g/mol. The van der Waals surface area contributed by atoms with Crippen molar-refractivity contribution in [3.05, 3.63) is 41.5 Å². The van der Waals surface area contributed by atoms with E-state index >= 15 is 0 Å². The van der Waals surface area contributed by atoms with E-state index in [1.807, 2.05) is 12.1 Å². The number of anilines is 1. The first kappa shape index (κ1) is 14.0. The van der Waals surface area contributed by atoms with Crippen LogP contribution in [0.15, 0.2) is 30.3 Å². The number of amides is 3. The van der Waals surface area contributed by atoms with Gasteiger partial charge in [-0.3, -0.25) is 10.1 Å². The predicted molar refractivity (Wildman–Crippen MR) is 77.4 cm³/mol. The van der Waals surface area contributed by atoms with Crippen molar-refractivity contribution in [1.82, 2.24) is 0 Å². The topological polar surface area (TPSA) is 118 Å². The SMILES string of the molecule is NC(=O)Nc1sc(-c2ccccc2CO)cc1C(N)=O. The van der Waals surface area contributed by atoms with Gasteiger partial charge in [0.25, 0.3) is 5.91 Å². The van der Waals surface area contributed by atoms with Crippen LogP contribution in [-0.4, -0.2) is 17.0 Å². The number of primary amides is 2. The van der Waals surface area contributed by atoms with Crippen LogP contribution in [0.4, 0.5) is 9.80 Å². The molecule has 6 N–H and O–H groups in total. The summed E-state index contributed by atoms with van der Waals surface area (Å²) in [5.41, 5.74) is 12.0. The Bertz CT molecular complexity index is 667. The van der Waals surface area contributed by atoms with Crippen LogP contribution < -0.4 is 16.8 Å². The molecule has 3 amide bonds. The van der Waals surface area contributed by atoms with Gasteiger partial charge in [-0.05, 0) is 17.2 Å². The average Bonchev–Trinajstić information content (AvgIpc) is 2.81. The highest BCUT2D eigenvalue weighted by Gasteiger charge is 2.17. The van der Waals surface area contributed by atoms with Crippen LogP contribution in [0.3, 0.4) is 0 Å². The molecule has 0 radical (unpaired) electrons. The van der Waals surface area contributed by atoms with Gasteiger partial charge in [0.1, 0.15) is 5.00 Å². The number of thiophene rings is 1. The Labute approximate surface area is 119 Å². The summed E-state index contributed by atoms with van der Waals surface area (Å²) in [5, 5.41) is 12.0. The van der Waals surface area contributed by atoms with Gasteiger partial charge in [-0.1, -0.05) is 24.3 Å². The Kier molecular flexibility index (Phi) is 4.02. The highest BCUT2D eigenvalue weighted by molar-refractivity contribution is 7.20. The number of urea groups is 1. The molecular weight excluding hydrogens is 278 g/mol. The molecule has 20 heavy (non-hydrogen) atoms. The van der Waals surface area contributed by atoms with Gasteiger partial charge in [-0.25, -0.2) is 4.79 Å². The Morgan fingerprint density at radius 3 is 2.55 bits per heavy atom. The number of aliphatic hydroxyl groups is 1. The van der Waals surface area contributed by atoms with E-state index in [1.54, 1.807) is 18.2 Å². The van der Waals surface area contributed by atoms with Crippen LogP contribution >= 0.6 is 11.3 Å². The van der Waals surface area contributed by atoms with E-state index in [1.165, 1.54) is 11.3 Å². The molecule has 2 rings (SSSR count). The third kappa shape index (κ3) is 2.79. The van der Waals surface area contributed by atoms with Crippen LogP contribution in [0.5, 0.6) is 0 Å². The second kappa shape index (κ2) is 5.72. The number of benzene rings is 1. The Hall–Kier alpha value is -2.38. The first-order valence-corrected chi connectivity index (χ1v) is 6.53. The molecule has 0 atom stereocenters. The van der Waals surface area contributed by atoms with E-state index < -0.39 is 11.9 Å². The molecule has 0 aliphatic heterocycles. The monoisotopic (exact) mass is 291 g/mol. The minimum atomic E-state index is -0.767. The van der Waals surface area contributed by atoms with E-state index in [0.29, 0.717) is 9.88 Å². The van der Waals surface area contributed by atoms with Crippen molar-refractivity contribution in [2.45, 2.75) is 6.61 Å². The van der Waals surface area contributed by atoms with Gasteiger partial charge >= 0.3 is 6.03 Å². The van der Waals surface area contributed by atoms with Crippen molar-refractivity contribution >= 4 is 28.3 Å². The van der Waals surface area contributed by atoms with E-state index in [0.717, 1.165) is 11.1 Å². The second-order valence-corrected chi connectivity index (χ2v) is 5.07. The summed E-state index contributed by atoms with van der Waals surface area (Å²) in [6.45, 7) is -0.126. The zero-order valence-electron chi connectivity index (χ0n) is 10.4. The van der Waals surface area contributed by atoms with E-state index in [9.17, 15) is 14.7 Å². The molecule has 0 fully saturated rings. The quantitative estimate of drug-likeness (QED) is 0.683. The number of hydrogen-bond acceptors (Lipinski definition) is 4. The fraction of sp³-hybridized carbons (Fsp3) is 0.0769. The van der Waals surface area contributed by atoms with Gasteiger partial charge in [0.15, 0.2) is 0 Å². The third-order valence-electron chi connectivity index (χ3n) is 2.69. The first-order chi connectivity index (χ1) is 9.52. The maximum absolute atomic E-state index is 11.4. The van der Waals surface area contributed by atoms with Crippen LogP contribution in [0.2, 0.25) is 0 Å². The van der Waals surface area contributed by atoms with Gasteiger partial charge in [-0.15, -0.1) is 11.3 Å². The van der Waals surface area contributed by atoms with E-state index in [-0.39, 0.29) is 12.2 Å². The van der Waals surface area contributed by atoms with Gasteiger partial charge < -0.3 is 16.6 Å². The predicted octanol–water partition coefficient (Wildman–Crippen LogP) is 1.50. The number of nitrogens with one attached hydrogen (secondary N) is 1. The molecule has 0 bridgehead atoms. The fourth-order valence-corrected chi connectivity index (χ4v) is 2.94. The van der Waals surface area contributed by atoms with Gasteiger partial charge in [0.05, 0.1) is 12.2 Å². The first-order valence-electron chi connectivity index (χ1n) is 5.72. The smallest absolute Gasteiger partial charge is 0.317 e. The molecule has 0 aliphatic rings. The van der Waals surface area contributed by atoms with Gasteiger partial charge in [0, 0.05) is 4.88 Å². The number of nitrogens with two attached hydrogens (primary N) is 2. The molecule has 6 nitrogen and oxygen atoms in total. The fourth-order valence-electron chi connectivity index (χ4n) is 1.81. The minimum Gasteiger partial charge on any atom is -0.392 e. The van der Waals surface area contributed by atoms with Crippen LogP contribution in [0.1, 0.15) is 15.9 Å². The molecule has 1 heterocycles. The lowest BCUT2D eigenvalue weighted by Gasteiger charge is -2.03. The standard InChI is InChI=1S/C13H13N3O3S/c14-11(18)9-5-10(20-12(9)16-13(15)19)8-4-2-1-3-7(8)6-17/h1-5,17H,6H2,(H2,14,18)(H3,15,16,19). The van der Waals surface area contributed by atoms with Crippen molar-refractivity contribution in [2.24, 2.45) is 11.5 Å². The molecule has 2 aromatic rings. The van der Waals surface area contributed by atoms with Crippen LogP contribution in [-0.2, 0) is 6.61 Å². The zero-order valence-corrected chi connectivity index (χ0v) is 11.2. The largest absolute Gasteiger partial charge is 0.392 e. The summed E-state index contributed by atoms with van der Waals surface area (Å²) in [7, 11) is 0. The molecule has 104 valence electrons. The van der Waals surface area contributed by atoms with Gasteiger partial charge in [0.2, 0.25) is 0 Å². The molecule has 0 saturated carbocycles. The van der Waals surface area contributed by atoms with Crippen molar-refractivity contribution in [2.75, 3.05) is 5.32 Å². The van der Waals surface area contributed by atoms with Crippen molar-refractivity contribution in [3.63, 3.8) is 0 Å². The Morgan fingerprint density at radius 1 is 1.25 bits per heavy atom. The summed E-state index contributed by atoms with van der Waals surface area (Å²) in [6.07, 6.45) is 0. The molecule has 1 aromatic heterocycles. The summed E-state index contributed by atoms with van der Waals surface area (Å²) < 4.78 is 0. The molecule has 1 aromatic carbocycles. The summed E-state index contributed by atoms with van der Waals surface area (Å²) in [6, 6.07) is 8.03. The van der Waals surface area contributed by atoms with Crippen LogP contribution in [0.25, 0.3) is 10.4 Å². The molecule has 0 saturated heterocycles. The molecule has 7 heteroatoms. The lowest BCUT2D eigenvalue weighted by atomic mass is 10.1. The lowest BCUT2D eigenvalue weighted by Crippen LogP contribution is -2.21. The van der Waals surface area contributed by atoms with Crippen molar-refractivity contribution in [1.29, 1.82) is 0 Å². The van der Waals surface area contributed by atoms with Crippen molar-refractivity contribution in [3.8, 4) is 10.4 Å². The maximum atomic E-state index is 11.4. The normalized spacial score (nSPS) is 10.2. The van der Waals surface area contributed by atoms with E-state index in [2.05, 4.69) is 5.32 Å². The maximum Gasteiger partial charge on any atom is 0.317 e. The Morgan fingerprint density at radius 2 is 1.95 bits per heavy atom. The minimum absolute atomic E-state index is 0.126. The highest BCUT2D eigenvalue weighted by Crippen LogP contribution is 2.36. The second-order valence-electron chi connectivity index (χ2n) is 4.02.